The number of hydrogen-bond acceptors (Lipinski definition) is 5. The van der Waals surface area contributed by atoms with Crippen LogP contribution in [0.25, 0.3) is 0 Å². The summed E-state index contributed by atoms with van der Waals surface area (Å²) in [7, 11) is 0. The summed E-state index contributed by atoms with van der Waals surface area (Å²) in [6.07, 6.45) is 1.66. The molecule has 0 aliphatic heterocycles. The van der Waals surface area contributed by atoms with Gasteiger partial charge >= 0.3 is 5.97 Å². The maximum absolute atomic E-state index is 10.6. The highest BCUT2D eigenvalue weighted by molar-refractivity contribution is 5.84. The van der Waals surface area contributed by atoms with E-state index >= 15 is 0 Å². The first-order valence-electron chi connectivity index (χ1n) is 5.54. The van der Waals surface area contributed by atoms with Crippen molar-refractivity contribution < 1.29 is 18.7 Å². The molecule has 0 spiro atoms. The van der Waals surface area contributed by atoms with Crippen molar-refractivity contribution in [3.63, 3.8) is 0 Å². The number of aromatic nitrogens is 1. The number of nitrogens with one attached hydrogen (secondary N) is 1. The van der Waals surface area contributed by atoms with E-state index in [9.17, 15) is 4.79 Å². The van der Waals surface area contributed by atoms with Crippen LogP contribution in [0.3, 0.4) is 0 Å². The average molecular weight is 250 g/mol. The van der Waals surface area contributed by atoms with Crippen LogP contribution in [0.4, 0.5) is 0 Å². The van der Waals surface area contributed by atoms with E-state index < -0.39 is 5.97 Å². The Morgan fingerprint density at radius 3 is 2.83 bits per heavy atom. The van der Waals surface area contributed by atoms with Crippen LogP contribution in [0, 0.1) is 6.92 Å². The van der Waals surface area contributed by atoms with Crippen LogP contribution in [0.1, 0.15) is 40.9 Å². The van der Waals surface area contributed by atoms with Crippen molar-refractivity contribution >= 4 is 5.97 Å². The van der Waals surface area contributed by atoms with Crippen LogP contribution < -0.4 is 5.32 Å². The van der Waals surface area contributed by atoms with Crippen LogP contribution in [0.5, 0.6) is 0 Å². The van der Waals surface area contributed by atoms with Gasteiger partial charge in [-0.2, -0.15) is 0 Å². The van der Waals surface area contributed by atoms with Crippen molar-refractivity contribution in [2.45, 2.75) is 26.4 Å². The maximum Gasteiger partial charge on any atom is 0.371 e. The zero-order valence-corrected chi connectivity index (χ0v) is 10.1. The molecule has 0 bridgehead atoms. The molecule has 0 aliphatic carbocycles. The van der Waals surface area contributed by atoms with Crippen LogP contribution in [-0.4, -0.2) is 16.1 Å². The number of carboxylic acids is 1. The Morgan fingerprint density at radius 2 is 2.28 bits per heavy atom. The smallest absolute Gasteiger partial charge is 0.371 e. The van der Waals surface area contributed by atoms with Gasteiger partial charge in [-0.3, -0.25) is 5.32 Å². The second-order valence-corrected chi connectivity index (χ2v) is 3.98. The monoisotopic (exact) mass is 250 g/mol. The van der Waals surface area contributed by atoms with Gasteiger partial charge < -0.3 is 13.9 Å². The number of carbonyl (C=O) groups is 1. The largest absolute Gasteiger partial charge is 0.475 e. The predicted molar refractivity (Wildman–Crippen MR) is 62.2 cm³/mol. The summed E-state index contributed by atoms with van der Waals surface area (Å²) in [5.41, 5.74) is 0. The fourth-order valence-corrected chi connectivity index (χ4v) is 1.50. The summed E-state index contributed by atoms with van der Waals surface area (Å²) in [6, 6.07) is 2.99. The minimum Gasteiger partial charge on any atom is -0.475 e. The van der Waals surface area contributed by atoms with E-state index in [1.807, 2.05) is 13.8 Å². The van der Waals surface area contributed by atoms with Crippen molar-refractivity contribution in [3.8, 4) is 0 Å². The summed E-state index contributed by atoms with van der Waals surface area (Å²) in [5.74, 6) is 0.772. The number of carboxylic acid groups (broad SMARTS) is 1. The molecular weight excluding hydrogens is 236 g/mol. The Bertz CT molecular complexity index is 544. The molecule has 2 N–H and O–H groups in total. The minimum absolute atomic E-state index is 0.0635. The highest BCUT2D eigenvalue weighted by atomic mass is 16.4. The Labute approximate surface area is 104 Å². The molecule has 6 nitrogen and oxygen atoms in total. The molecule has 0 saturated heterocycles. The molecule has 6 heteroatoms. The average Bonchev–Trinajstić information content (AvgIpc) is 2.94. The van der Waals surface area contributed by atoms with Crippen molar-refractivity contribution in [3.05, 3.63) is 41.5 Å². The summed E-state index contributed by atoms with van der Waals surface area (Å²) < 4.78 is 10.5. The molecule has 1 atom stereocenters. The van der Waals surface area contributed by atoms with E-state index in [0.717, 1.165) is 5.76 Å². The molecule has 0 aromatic carbocycles. The number of furan rings is 1. The number of aryl methyl sites for hydroxylation is 1. The zero-order valence-electron chi connectivity index (χ0n) is 10.1. The topological polar surface area (TPSA) is 88.5 Å². The Kier molecular flexibility index (Phi) is 3.47. The van der Waals surface area contributed by atoms with Gasteiger partial charge in [0, 0.05) is 0 Å². The van der Waals surface area contributed by atoms with Gasteiger partial charge in [-0.25, -0.2) is 9.78 Å². The molecule has 2 aromatic rings. The van der Waals surface area contributed by atoms with Gasteiger partial charge in [-0.05, 0) is 26.0 Å². The number of rotatable bonds is 5. The second-order valence-electron chi connectivity index (χ2n) is 3.98. The molecule has 2 aromatic heterocycles. The van der Waals surface area contributed by atoms with Crippen LogP contribution >= 0.6 is 0 Å². The third-order valence-corrected chi connectivity index (χ3v) is 2.46. The number of hydrogen-bond donors (Lipinski definition) is 2. The second kappa shape index (κ2) is 5.05. The van der Waals surface area contributed by atoms with Crippen LogP contribution in [-0.2, 0) is 6.54 Å². The fraction of sp³-hybridized carbons (Fsp3) is 0.333. The summed E-state index contributed by atoms with van der Waals surface area (Å²) in [4.78, 5) is 14.7. The van der Waals surface area contributed by atoms with Gasteiger partial charge in [0.1, 0.15) is 11.5 Å². The van der Waals surface area contributed by atoms with E-state index in [4.69, 9.17) is 13.9 Å². The SMILES string of the molecule is Cc1cnc(C(C)NCc2ccc(C(=O)O)o2)o1. The Balaban J connectivity index is 1.92. The van der Waals surface area contributed by atoms with Gasteiger partial charge in [0.25, 0.3) is 0 Å². The lowest BCUT2D eigenvalue weighted by Crippen LogP contribution is -2.18. The van der Waals surface area contributed by atoms with Gasteiger partial charge in [-0.1, -0.05) is 0 Å². The molecule has 96 valence electrons. The van der Waals surface area contributed by atoms with Gasteiger partial charge in [0.15, 0.2) is 0 Å². The predicted octanol–water partition coefficient (Wildman–Crippen LogP) is 2.13. The molecule has 1 unspecified atom stereocenters. The standard InChI is InChI=1S/C12H14N2O4/c1-7-5-14-11(17-7)8(2)13-6-9-3-4-10(18-9)12(15)16/h3-5,8,13H,6H2,1-2H3,(H,15,16). The minimum atomic E-state index is -1.07. The lowest BCUT2D eigenvalue weighted by Gasteiger charge is -2.08. The van der Waals surface area contributed by atoms with Gasteiger partial charge in [0.05, 0.1) is 18.8 Å². The van der Waals surface area contributed by atoms with Crippen molar-refractivity contribution in [2.75, 3.05) is 0 Å². The van der Waals surface area contributed by atoms with Crippen LogP contribution in [0.15, 0.2) is 27.2 Å². The molecule has 2 heterocycles. The molecular formula is C12H14N2O4. The lowest BCUT2D eigenvalue weighted by molar-refractivity contribution is 0.0660. The quantitative estimate of drug-likeness (QED) is 0.845. The first kappa shape index (κ1) is 12.4. The molecule has 0 saturated carbocycles. The van der Waals surface area contributed by atoms with Crippen molar-refractivity contribution in [2.24, 2.45) is 0 Å². The number of nitrogens with zero attached hydrogens (tertiary/aromatic N) is 1. The van der Waals surface area contributed by atoms with Crippen molar-refractivity contribution in [1.29, 1.82) is 0 Å². The van der Waals surface area contributed by atoms with E-state index in [2.05, 4.69) is 10.3 Å². The highest BCUT2D eigenvalue weighted by Crippen LogP contribution is 2.14. The van der Waals surface area contributed by atoms with E-state index in [0.29, 0.717) is 18.2 Å². The Hall–Kier alpha value is -2.08. The number of aromatic carboxylic acids is 1. The lowest BCUT2D eigenvalue weighted by atomic mass is 10.3. The zero-order chi connectivity index (χ0) is 13.1. The highest BCUT2D eigenvalue weighted by Gasteiger charge is 2.13. The van der Waals surface area contributed by atoms with Gasteiger partial charge in [0.2, 0.25) is 11.7 Å². The summed E-state index contributed by atoms with van der Waals surface area (Å²) >= 11 is 0. The van der Waals surface area contributed by atoms with E-state index in [-0.39, 0.29) is 11.8 Å². The molecule has 0 fully saturated rings. The molecule has 0 radical (unpaired) electrons. The summed E-state index contributed by atoms with van der Waals surface area (Å²) in [5, 5.41) is 11.9. The molecule has 18 heavy (non-hydrogen) atoms. The molecule has 0 amide bonds. The van der Waals surface area contributed by atoms with Crippen molar-refractivity contribution in [1.82, 2.24) is 10.3 Å². The van der Waals surface area contributed by atoms with E-state index in [1.165, 1.54) is 6.07 Å². The third-order valence-electron chi connectivity index (χ3n) is 2.46. The third kappa shape index (κ3) is 2.78. The molecule has 2 rings (SSSR count). The first-order chi connectivity index (χ1) is 8.56. The normalized spacial score (nSPS) is 12.6. The first-order valence-corrected chi connectivity index (χ1v) is 5.54. The van der Waals surface area contributed by atoms with E-state index in [1.54, 1.807) is 12.3 Å². The summed E-state index contributed by atoms with van der Waals surface area (Å²) in [6.45, 7) is 4.15. The molecule has 0 aliphatic rings. The Morgan fingerprint density at radius 1 is 1.50 bits per heavy atom. The maximum atomic E-state index is 10.6. The fourth-order valence-electron chi connectivity index (χ4n) is 1.50. The van der Waals surface area contributed by atoms with Gasteiger partial charge in [-0.15, -0.1) is 0 Å². The van der Waals surface area contributed by atoms with Crippen LogP contribution in [0.2, 0.25) is 0 Å². The number of oxazole rings is 1.